The van der Waals surface area contributed by atoms with Crippen LogP contribution in [0, 0.1) is 5.41 Å². The number of nitrogens with zero attached hydrogens (tertiary/aromatic N) is 3. The molecular formula is C24H27ClN4O2. The number of hydrogen-bond acceptors (Lipinski definition) is 5. The number of benzene rings is 1. The molecule has 0 unspecified atom stereocenters. The molecule has 6 nitrogen and oxygen atoms in total. The average Bonchev–Trinajstić information content (AvgIpc) is 3.12. The van der Waals surface area contributed by atoms with Gasteiger partial charge in [0.1, 0.15) is 11.3 Å². The lowest BCUT2D eigenvalue weighted by atomic mass is 9.50. The zero-order valence-electron chi connectivity index (χ0n) is 17.9. The second kappa shape index (κ2) is 7.83. The molecule has 0 atom stereocenters. The van der Waals surface area contributed by atoms with Crippen molar-refractivity contribution in [2.45, 2.75) is 51.5 Å². The Morgan fingerprint density at radius 3 is 2.71 bits per heavy atom. The van der Waals surface area contributed by atoms with E-state index in [1.54, 1.807) is 12.3 Å². The number of amides is 1. The van der Waals surface area contributed by atoms with Crippen molar-refractivity contribution in [3.63, 3.8) is 0 Å². The minimum absolute atomic E-state index is 0.0117. The van der Waals surface area contributed by atoms with Crippen molar-refractivity contribution in [2.75, 3.05) is 18.0 Å². The lowest BCUT2D eigenvalue weighted by molar-refractivity contribution is -0.0253. The van der Waals surface area contributed by atoms with Gasteiger partial charge in [-0.25, -0.2) is 9.97 Å². The fourth-order valence-electron chi connectivity index (χ4n) is 5.22. The maximum absolute atomic E-state index is 12.7. The monoisotopic (exact) mass is 438 g/mol. The van der Waals surface area contributed by atoms with E-state index in [9.17, 15) is 4.79 Å². The molecule has 2 heterocycles. The summed E-state index contributed by atoms with van der Waals surface area (Å²) in [7, 11) is 0. The smallest absolute Gasteiger partial charge is 0.251 e. The summed E-state index contributed by atoms with van der Waals surface area (Å²) in [5.74, 6) is 2.02. The van der Waals surface area contributed by atoms with E-state index in [2.05, 4.69) is 34.0 Å². The summed E-state index contributed by atoms with van der Waals surface area (Å²) in [6, 6.07) is 9.46. The van der Waals surface area contributed by atoms with E-state index in [1.165, 1.54) is 0 Å². The predicted molar refractivity (Wildman–Crippen MR) is 122 cm³/mol. The van der Waals surface area contributed by atoms with E-state index in [1.807, 2.05) is 24.3 Å². The Morgan fingerprint density at radius 2 is 1.97 bits per heavy atom. The second-order valence-electron chi connectivity index (χ2n) is 8.92. The summed E-state index contributed by atoms with van der Waals surface area (Å²) in [6.45, 7) is 5.92. The Morgan fingerprint density at radius 1 is 1.19 bits per heavy atom. The largest absolute Gasteiger partial charge is 0.440 e. The molecule has 3 aromatic rings. The van der Waals surface area contributed by atoms with Crippen LogP contribution >= 0.6 is 11.6 Å². The highest BCUT2D eigenvalue weighted by atomic mass is 35.5. The van der Waals surface area contributed by atoms with Gasteiger partial charge in [0.05, 0.1) is 0 Å². The van der Waals surface area contributed by atoms with Gasteiger partial charge in [-0.15, -0.1) is 0 Å². The lowest BCUT2D eigenvalue weighted by Gasteiger charge is -2.57. The number of carbonyl (C=O) groups excluding carboxylic acids is 1. The van der Waals surface area contributed by atoms with Crippen LogP contribution in [0.5, 0.6) is 0 Å². The molecule has 5 rings (SSSR count). The van der Waals surface area contributed by atoms with Crippen molar-refractivity contribution in [3.05, 3.63) is 53.0 Å². The highest BCUT2D eigenvalue weighted by Gasteiger charge is 2.54. The minimum Gasteiger partial charge on any atom is -0.440 e. The first-order chi connectivity index (χ1) is 15.0. The molecule has 31 heavy (non-hydrogen) atoms. The fraction of sp³-hybridized carbons (Fsp3) is 0.458. The highest BCUT2D eigenvalue weighted by molar-refractivity contribution is 6.31. The van der Waals surface area contributed by atoms with Crippen LogP contribution in [0.25, 0.3) is 11.1 Å². The number of halogens is 1. The molecule has 0 aliphatic heterocycles. The molecule has 0 saturated heterocycles. The summed E-state index contributed by atoms with van der Waals surface area (Å²) in [5, 5.41) is 3.88. The van der Waals surface area contributed by atoms with Crippen LogP contribution in [0.2, 0.25) is 5.02 Å². The van der Waals surface area contributed by atoms with Crippen molar-refractivity contribution in [1.82, 2.24) is 15.3 Å². The molecule has 0 radical (unpaired) electrons. The molecular weight excluding hydrogens is 412 g/mol. The average molecular weight is 439 g/mol. The van der Waals surface area contributed by atoms with E-state index in [0.717, 1.165) is 61.6 Å². The topological polar surface area (TPSA) is 71.3 Å². The van der Waals surface area contributed by atoms with Gasteiger partial charge >= 0.3 is 0 Å². The Balaban J connectivity index is 1.16. The molecule has 1 amide bonds. The molecule has 162 valence electrons. The van der Waals surface area contributed by atoms with Gasteiger partial charge in [-0.05, 0) is 75.3 Å². The van der Waals surface area contributed by atoms with Crippen molar-refractivity contribution < 1.29 is 9.21 Å². The first-order valence-electron chi connectivity index (χ1n) is 11.1. The third kappa shape index (κ3) is 3.78. The van der Waals surface area contributed by atoms with Crippen molar-refractivity contribution in [3.8, 4) is 0 Å². The second-order valence-corrected chi connectivity index (χ2v) is 9.36. The fourth-order valence-corrected chi connectivity index (χ4v) is 5.39. The molecule has 1 N–H and O–H groups in total. The van der Waals surface area contributed by atoms with E-state index >= 15 is 0 Å². The van der Waals surface area contributed by atoms with E-state index in [0.29, 0.717) is 21.9 Å². The van der Waals surface area contributed by atoms with E-state index < -0.39 is 0 Å². The van der Waals surface area contributed by atoms with Crippen molar-refractivity contribution in [1.29, 1.82) is 0 Å². The van der Waals surface area contributed by atoms with Gasteiger partial charge in [0, 0.05) is 41.8 Å². The molecule has 1 spiro atoms. The zero-order chi connectivity index (χ0) is 21.6. The van der Waals surface area contributed by atoms with Crippen molar-refractivity contribution in [2.24, 2.45) is 5.41 Å². The summed E-state index contributed by atoms with van der Waals surface area (Å²) in [6.07, 6.45) is 5.90. The number of aromatic nitrogens is 2. The van der Waals surface area contributed by atoms with Gasteiger partial charge < -0.3 is 14.6 Å². The normalized spacial score (nSPS) is 24.6. The summed E-state index contributed by atoms with van der Waals surface area (Å²) >= 11 is 6.05. The third-order valence-electron chi connectivity index (χ3n) is 6.86. The maximum Gasteiger partial charge on any atom is 0.251 e. The van der Waals surface area contributed by atoms with Gasteiger partial charge in [0.25, 0.3) is 5.91 Å². The first kappa shape index (κ1) is 20.3. The number of oxazole rings is 1. The molecule has 2 aliphatic rings. The van der Waals surface area contributed by atoms with Crippen molar-refractivity contribution >= 4 is 34.4 Å². The third-order valence-corrected chi connectivity index (χ3v) is 7.10. The van der Waals surface area contributed by atoms with Crippen LogP contribution in [0.1, 0.15) is 61.7 Å². The number of anilines is 1. The van der Waals surface area contributed by atoms with Gasteiger partial charge in [-0.3, -0.25) is 4.79 Å². The van der Waals surface area contributed by atoms with E-state index in [-0.39, 0.29) is 11.9 Å². The van der Waals surface area contributed by atoms with Crippen LogP contribution in [0.3, 0.4) is 0 Å². The predicted octanol–water partition coefficient (Wildman–Crippen LogP) is 5.18. The number of fused-ring (bicyclic) bond motifs is 1. The van der Waals surface area contributed by atoms with Gasteiger partial charge in [0.15, 0.2) is 11.5 Å². The number of pyridine rings is 1. The first-order valence-corrected chi connectivity index (χ1v) is 11.4. The number of nitrogens with one attached hydrogen (secondary N) is 1. The summed E-state index contributed by atoms with van der Waals surface area (Å²) in [4.78, 5) is 23.9. The Hall–Kier alpha value is -2.60. The van der Waals surface area contributed by atoms with Gasteiger partial charge in [-0.2, -0.15) is 0 Å². The Bertz CT molecular complexity index is 1110. The van der Waals surface area contributed by atoms with Crippen LogP contribution in [-0.4, -0.2) is 35.0 Å². The quantitative estimate of drug-likeness (QED) is 0.574. The molecule has 2 fully saturated rings. The van der Waals surface area contributed by atoms with Crippen LogP contribution < -0.4 is 10.2 Å². The number of carbonyl (C=O) groups is 1. The molecule has 2 aromatic heterocycles. The molecule has 0 bridgehead atoms. The minimum atomic E-state index is -0.0117. The number of rotatable bonds is 6. The molecule has 1 aromatic carbocycles. The molecule has 2 aliphatic carbocycles. The molecule has 7 heteroatoms. The van der Waals surface area contributed by atoms with Gasteiger partial charge in [0.2, 0.25) is 0 Å². The van der Waals surface area contributed by atoms with Gasteiger partial charge in [-0.1, -0.05) is 11.6 Å². The van der Waals surface area contributed by atoms with E-state index in [4.69, 9.17) is 16.0 Å². The standard InChI is InChI=1S/C24H27ClN4O2/c1-3-29(4-2)21-9-15(7-8-26-21)22(30)27-18-13-24(14-18)11-16(12-24)23-28-19-10-17(25)5-6-20(19)31-23/h5-10,16,18H,3-4,11-14H2,1-2H3,(H,27,30). The zero-order valence-corrected chi connectivity index (χ0v) is 18.7. The van der Waals surface area contributed by atoms with Crippen LogP contribution in [0.15, 0.2) is 40.9 Å². The SMILES string of the molecule is CCN(CC)c1cc(C(=O)NC2CC3(C2)CC(c2nc4cc(Cl)ccc4o2)C3)ccn1. The maximum atomic E-state index is 12.7. The van der Waals surface area contributed by atoms with Crippen LogP contribution in [0.4, 0.5) is 5.82 Å². The molecule has 2 saturated carbocycles. The highest BCUT2D eigenvalue weighted by Crippen LogP contribution is 2.61. The Kier molecular flexibility index (Phi) is 5.13. The number of hydrogen-bond donors (Lipinski definition) is 1. The summed E-state index contributed by atoms with van der Waals surface area (Å²) in [5.41, 5.74) is 2.62. The van der Waals surface area contributed by atoms with Crippen LogP contribution in [-0.2, 0) is 0 Å². The Labute approximate surface area is 187 Å². The lowest BCUT2D eigenvalue weighted by Crippen LogP contribution is -2.55. The summed E-state index contributed by atoms with van der Waals surface area (Å²) < 4.78 is 5.94.